The van der Waals surface area contributed by atoms with Crippen LogP contribution >= 0.6 is 0 Å². The first-order valence-electron chi connectivity index (χ1n) is 8.91. The molecule has 6 heteroatoms. The molecular weight excluding hydrogens is 358 g/mol. The lowest BCUT2D eigenvalue weighted by Gasteiger charge is -2.10. The van der Waals surface area contributed by atoms with Gasteiger partial charge in [0, 0.05) is 12.6 Å². The first kappa shape index (κ1) is 21.0. The summed E-state index contributed by atoms with van der Waals surface area (Å²) in [6, 6.07) is 13.3. The fraction of sp³-hybridized carbons (Fsp3) is 0.273. The third-order valence-corrected chi connectivity index (χ3v) is 4.02. The zero-order chi connectivity index (χ0) is 20.4. The summed E-state index contributed by atoms with van der Waals surface area (Å²) >= 11 is 0. The number of nitrogens with one attached hydrogen (secondary N) is 1. The van der Waals surface area contributed by atoms with Gasteiger partial charge in [0.1, 0.15) is 0 Å². The first-order valence-corrected chi connectivity index (χ1v) is 8.91. The SMILES string of the molecule is COc1ccc(CCNC(=O)COC(=O)/C=C/c2ccc(C)cc2)cc1OC. The zero-order valence-electron chi connectivity index (χ0n) is 16.4. The van der Waals surface area contributed by atoms with Gasteiger partial charge < -0.3 is 19.5 Å². The Hall–Kier alpha value is -3.28. The molecule has 0 bridgehead atoms. The highest BCUT2D eigenvalue weighted by molar-refractivity contribution is 5.89. The minimum atomic E-state index is -0.560. The Balaban J connectivity index is 1.71. The maximum Gasteiger partial charge on any atom is 0.331 e. The third-order valence-electron chi connectivity index (χ3n) is 4.02. The molecule has 1 amide bonds. The molecular formula is C22H25NO5. The van der Waals surface area contributed by atoms with Crippen molar-refractivity contribution in [2.45, 2.75) is 13.3 Å². The largest absolute Gasteiger partial charge is 0.493 e. The summed E-state index contributed by atoms with van der Waals surface area (Å²) in [4.78, 5) is 23.5. The second-order valence-corrected chi connectivity index (χ2v) is 6.14. The van der Waals surface area contributed by atoms with Crippen LogP contribution in [0.25, 0.3) is 6.08 Å². The summed E-state index contributed by atoms with van der Waals surface area (Å²) in [6.07, 6.45) is 3.58. The number of ether oxygens (including phenoxy) is 3. The summed E-state index contributed by atoms with van der Waals surface area (Å²) in [7, 11) is 3.15. The minimum absolute atomic E-state index is 0.316. The fourth-order valence-corrected chi connectivity index (χ4v) is 2.46. The van der Waals surface area contributed by atoms with E-state index >= 15 is 0 Å². The van der Waals surface area contributed by atoms with E-state index in [1.54, 1.807) is 20.3 Å². The van der Waals surface area contributed by atoms with E-state index in [9.17, 15) is 9.59 Å². The molecule has 0 spiro atoms. The van der Waals surface area contributed by atoms with Crippen LogP contribution in [0.15, 0.2) is 48.5 Å². The Morgan fingerprint density at radius 1 is 1.00 bits per heavy atom. The highest BCUT2D eigenvalue weighted by atomic mass is 16.5. The lowest BCUT2D eigenvalue weighted by molar-refractivity contribution is -0.143. The standard InChI is InChI=1S/C22H25NO5/c1-16-4-6-17(7-5-16)9-11-22(25)28-15-21(24)23-13-12-18-8-10-19(26-2)20(14-18)27-3/h4-11,14H,12-13,15H2,1-3H3,(H,23,24)/b11-9+. The topological polar surface area (TPSA) is 73.9 Å². The molecule has 0 saturated heterocycles. The highest BCUT2D eigenvalue weighted by Gasteiger charge is 2.07. The van der Waals surface area contributed by atoms with Crippen molar-refractivity contribution in [2.24, 2.45) is 0 Å². The number of hydrogen-bond donors (Lipinski definition) is 1. The van der Waals surface area contributed by atoms with Crippen molar-refractivity contribution in [3.63, 3.8) is 0 Å². The molecule has 0 radical (unpaired) electrons. The Bertz CT molecular complexity index is 827. The number of amides is 1. The van der Waals surface area contributed by atoms with E-state index in [4.69, 9.17) is 14.2 Å². The van der Waals surface area contributed by atoms with Crippen molar-refractivity contribution in [3.05, 3.63) is 65.2 Å². The molecule has 0 aromatic heterocycles. The number of aryl methyl sites for hydroxylation is 1. The number of carbonyl (C=O) groups excluding carboxylic acids is 2. The smallest absolute Gasteiger partial charge is 0.331 e. The van der Waals surface area contributed by atoms with Crippen LogP contribution in [0.3, 0.4) is 0 Å². The lowest BCUT2D eigenvalue weighted by atomic mass is 10.1. The van der Waals surface area contributed by atoms with Gasteiger partial charge in [-0.25, -0.2) is 4.79 Å². The van der Waals surface area contributed by atoms with Crippen molar-refractivity contribution in [3.8, 4) is 11.5 Å². The van der Waals surface area contributed by atoms with Gasteiger partial charge in [-0.05, 0) is 42.7 Å². The Labute approximate surface area is 165 Å². The van der Waals surface area contributed by atoms with Crippen LogP contribution in [0.5, 0.6) is 11.5 Å². The van der Waals surface area contributed by atoms with E-state index in [1.165, 1.54) is 6.08 Å². The van der Waals surface area contributed by atoms with Crippen molar-refractivity contribution in [1.82, 2.24) is 5.32 Å². The van der Waals surface area contributed by atoms with Gasteiger partial charge >= 0.3 is 5.97 Å². The van der Waals surface area contributed by atoms with Crippen LogP contribution in [-0.4, -0.2) is 39.2 Å². The van der Waals surface area contributed by atoms with Crippen LogP contribution < -0.4 is 14.8 Å². The molecule has 28 heavy (non-hydrogen) atoms. The highest BCUT2D eigenvalue weighted by Crippen LogP contribution is 2.27. The molecule has 0 aliphatic carbocycles. The normalized spacial score (nSPS) is 10.5. The van der Waals surface area contributed by atoms with Gasteiger partial charge in [-0.1, -0.05) is 35.9 Å². The number of hydrogen-bond acceptors (Lipinski definition) is 5. The predicted molar refractivity (Wildman–Crippen MR) is 107 cm³/mol. The molecule has 0 heterocycles. The third kappa shape index (κ3) is 6.79. The molecule has 148 valence electrons. The van der Waals surface area contributed by atoms with Gasteiger partial charge in [0.2, 0.25) is 0 Å². The number of rotatable bonds is 9. The molecule has 1 N–H and O–H groups in total. The minimum Gasteiger partial charge on any atom is -0.493 e. The second kappa shape index (κ2) is 10.8. The summed E-state index contributed by atoms with van der Waals surface area (Å²) in [5.74, 6) is 0.384. The van der Waals surface area contributed by atoms with Gasteiger partial charge in [-0.2, -0.15) is 0 Å². The van der Waals surface area contributed by atoms with Crippen molar-refractivity contribution in [2.75, 3.05) is 27.4 Å². The van der Waals surface area contributed by atoms with Crippen LogP contribution in [0.1, 0.15) is 16.7 Å². The van der Waals surface area contributed by atoms with Gasteiger partial charge in [0.05, 0.1) is 14.2 Å². The molecule has 0 aliphatic heterocycles. The van der Waals surface area contributed by atoms with Gasteiger partial charge in [0.15, 0.2) is 18.1 Å². The van der Waals surface area contributed by atoms with E-state index in [1.807, 2.05) is 49.4 Å². The van der Waals surface area contributed by atoms with Crippen LogP contribution in [0.2, 0.25) is 0 Å². The number of benzene rings is 2. The molecule has 0 atom stereocenters. The molecule has 0 saturated carbocycles. The molecule has 2 aromatic rings. The van der Waals surface area contributed by atoms with E-state index in [-0.39, 0.29) is 12.5 Å². The lowest BCUT2D eigenvalue weighted by Crippen LogP contribution is -2.30. The maximum absolute atomic E-state index is 11.8. The molecule has 2 rings (SSSR count). The average molecular weight is 383 g/mol. The average Bonchev–Trinajstić information content (AvgIpc) is 2.71. The summed E-state index contributed by atoms with van der Waals surface area (Å²) in [5.41, 5.74) is 3.03. The number of esters is 1. The van der Waals surface area contributed by atoms with Crippen LogP contribution in [-0.2, 0) is 20.7 Å². The van der Waals surface area contributed by atoms with E-state index < -0.39 is 5.97 Å². The first-order chi connectivity index (χ1) is 13.5. The Kier molecular flexibility index (Phi) is 8.09. The van der Waals surface area contributed by atoms with Crippen LogP contribution in [0, 0.1) is 6.92 Å². The van der Waals surface area contributed by atoms with E-state index in [0.29, 0.717) is 24.5 Å². The fourth-order valence-electron chi connectivity index (χ4n) is 2.46. The molecule has 0 fully saturated rings. The molecule has 0 unspecified atom stereocenters. The second-order valence-electron chi connectivity index (χ2n) is 6.14. The Morgan fingerprint density at radius 2 is 1.71 bits per heavy atom. The van der Waals surface area contributed by atoms with Gasteiger partial charge in [-0.3, -0.25) is 4.79 Å². The van der Waals surface area contributed by atoms with E-state index in [2.05, 4.69) is 5.32 Å². The van der Waals surface area contributed by atoms with Gasteiger partial charge in [-0.15, -0.1) is 0 Å². The monoisotopic (exact) mass is 383 g/mol. The molecule has 0 aliphatic rings. The number of methoxy groups -OCH3 is 2. The van der Waals surface area contributed by atoms with E-state index in [0.717, 1.165) is 16.7 Å². The Morgan fingerprint density at radius 3 is 2.39 bits per heavy atom. The van der Waals surface area contributed by atoms with Crippen molar-refractivity contribution >= 4 is 18.0 Å². The summed E-state index contributed by atoms with van der Waals surface area (Å²) in [5, 5.41) is 2.72. The van der Waals surface area contributed by atoms with Crippen LogP contribution in [0.4, 0.5) is 0 Å². The maximum atomic E-state index is 11.8. The summed E-state index contributed by atoms with van der Waals surface area (Å²) in [6.45, 7) is 2.10. The molecule has 6 nitrogen and oxygen atoms in total. The predicted octanol–water partition coefficient (Wildman–Crippen LogP) is 2.93. The zero-order valence-corrected chi connectivity index (χ0v) is 16.4. The van der Waals surface area contributed by atoms with Gasteiger partial charge in [0.25, 0.3) is 5.91 Å². The van der Waals surface area contributed by atoms with Crippen molar-refractivity contribution in [1.29, 1.82) is 0 Å². The number of carbonyl (C=O) groups is 2. The molecule has 2 aromatic carbocycles. The quantitative estimate of drug-likeness (QED) is 0.532. The van der Waals surface area contributed by atoms with Crippen molar-refractivity contribution < 1.29 is 23.8 Å². The summed E-state index contributed by atoms with van der Waals surface area (Å²) < 4.78 is 15.4.